The van der Waals surface area contributed by atoms with Crippen LogP contribution in [0, 0.1) is 19.7 Å². The Morgan fingerprint density at radius 3 is 2.50 bits per heavy atom. The predicted molar refractivity (Wildman–Crippen MR) is 63.0 cm³/mol. The highest BCUT2D eigenvalue weighted by Crippen LogP contribution is 2.32. The largest absolute Gasteiger partial charge is 0.507 e. The quantitative estimate of drug-likeness (QED) is 0.768. The van der Waals surface area contributed by atoms with Crippen molar-refractivity contribution in [3.8, 4) is 16.9 Å². The van der Waals surface area contributed by atoms with E-state index in [-0.39, 0.29) is 11.6 Å². The van der Waals surface area contributed by atoms with E-state index >= 15 is 0 Å². The molecule has 0 bridgehead atoms. The van der Waals surface area contributed by atoms with Crippen LogP contribution in [0.25, 0.3) is 11.1 Å². The molecule has 0 atom stereocenters. The number of hydrogen-bond acceptors (Lipinski definition) is 1. The first-order valence-corrected chi connectivity index (χ1v) is 5.14. The van der Waals surface area contributed by atoms with Gasteiger partial charge in [0.05, 0.1) is 0 Å². The summed E-state index contributed by atoms with van der Waals surface area (Å²) in [4.78, 5) is 0. The zero-order chi connectivity index (χ0) is 11.7. The zero-order valence-electron chi connectivity index (χ0n) is 9.29. The fraction of sp³-hybridized carbons (Fsp3) is 0.143. The van der Waals surface area contributed by atoms with Crippen LogP contribution in [0.4, 0.5) is 4.39 Å². The number of aryl methyl sites for hydroxylation is 1. The molecule has 0 amide bonds. The van der Waals surface area contributed by atoms with Gasteiger partial charge in [-0.2, -0.15) is 0 Å². The van der Waals surface area contributed by atoms with Gasteiger partial charge in [-0.15, -0.1) is 0 Å². The zero-order valence-corrected chi connectivity index (χ0v) is 9.29. The molecule has 0 saturated carbocycles. The lowest BCUT2D eigenvalue weighted by Gasteiger charge is -2.09. The lowest BCUT2D eigenvalue weighted by atomic mass is 9.98. The third kappa shape index (κ3) is 1.78. The highest BCUT2D eigenvalue weighted by Gasteiger charge is 2.09. The Kier molecular flexibility index (Phi) is 2.65. The van der Waals surface area contributed by atoms with Gasteiger partial charge in [-0.05, 0) is 43.2 Å². The summed E-state index contributed by atoms with van der Waals surface area (Å²) >= 11 is 0. The van der Waals surface area contributed by atoms with Crippen LogP contribution in [0.15, 0.2) is 36.4 Å². The molecule has 2 heteroatoms. The van der Waals surface area contributed by atoms with Crippen molar-refractivity contribution in [2.24, 2.45) is 0 Å². The highest BCUT2D eigenvalue weighted by molar-refractivity contribution is 5.73. The van der Waals surface area contributed by atoms with Gasteiger partial charge in [-0.1, -0.05) is 23.8 Å². The number of rotatable bonds is 1. The maximum atomic E-state index is 13.4. The second-order valence-corrected chi connectivity index (χ2v) is 3.93. The summed E-state index contributed by atoms with van der Waals surface area (Å²) in [6.07, 6.45) is 0. The Bertz CT molecular complexity index is 532. The molecule has 0 aromatic heterocycles. The number of aromatic hydroxyl groups is 1. The molecule has 1 nitrogen and oxygen atoms in total. The molecule has 82 valence electrons. The van der Waals surface area contributed by atoms with E-state index in [0.717, 1.165) is 11.1 Å². The minimum atomic E-state index is -0.251. The van der Waals surface area contributed by atoms with Gasteiger partial charge >= 0.3 is 0 Å². The maximum Gasteiger partial charge on any atom is 0.126 e. The third-order valence-corrected chi connectivity index (χ3v) is 2.71. The fourth-order valence-corrected chi connectivity index (χ4v) is 1.76. The summed E-state index contributed by atoms with van der Waals surface area (Å²) < 4.78 is 13.4. The van der Waals surface area contributed by atoms with Gasteiger partial charge in [0, 0.05) is 5.56 Å². The number of halogens is 1. The molecule has 0 heterocycles. The van der Waals surface area contributed by atoms with Gasteiger partial charge in [-0.3, -0.25) is 0 Å². The van der Waals surface area contributed by atoms with Crippen LogP contribution in [-0.4, -0.2) is 5.11 Å². The topological polar surface area (TPSA) is 20.2 Å². The summed E-state index contributed by atoms with van der Waals surface area (Å²) in [6.45, 7) is 3.66. The van der Waals surface area contributed by atoms with Gasteiger partial charge in [0.2, 0.25) is 0 Å². The standard InChI is InChI=1S/C14H13FO/c1-9-6-7-14(16)12(8-9)11-4-3-5-13(15)10(11)2/h3-8,16H,1-2H3. The van der Waals surface area contributed by atoms with E-state index in [0.29, 0.717) is 11.1 Å². The van der Waals surface area contributed by atoms with E-state index in [9.17, 15) is 9.50 Å². The lowest BCUT2D eigenvalue weighted by Crippen LogP contribution is -1.88. The fourth-order valence-electron chi connectivity index (χ4n) is 1.76. The van der Waals surface area contributed by atoms with Gasteiger partial charge < -0.3 is 5.11 Å². The first-order valence-electron chi connectivity index (χ1n) is 5.14. The average Bonchev–Trinajstić information content (AvgIpc) is 2.26. The number of phenolic OH excluding ortho intramolecular Hbond substituents is 1. The number of benzene rings is 2. The van der Waals surface area contributed by atoms with Crippen molar-refractivity contribution in [2.45, 2.75) is 13.8 Å². The molecular formula is C14H13FO. The SMILES string of the molecule is Cc1ccc(O)c(-c2cccc(F)c2C)c1. The Morgan fingerprint density at radius 1 is 1.00 bits per heavy atom. The van der Waals surface area contributed by atoms with Crippen molar-refractivity contribution < 1.29 is 9.50 Å². The monoisotopic (exact) mass is 216 g/mol. The van der Waals surface area contributed by atoms with Crippen LogP contribution in [0.5, 0.6) is 5.75 Å². The van der Waals surface area contributed by atoms with Crippen molar-refractivity contribution in [1.29, 1.82) is 0 Å². The summed E-state index contributed by atoms with van der Waals surface area (Å²) in [5.74, 6) is -0.0716. The molecule has 2 aromatic rings. The summed E-state index contributed by atoms with van der Waals surface area (Å²) in [7, 11) is 0. The number of hydrogen-bond donors (Lipinski definition) is 1. The van der Waals surface area contributed by atoms with E-state index in [4.69, 9.17) is 0 Å². The molecule has 0 radical (unpaired) electrons. The summed E-state index contributed by atoms with van der Waals surface area (Å²) in [5, 5.41) is 9.78. The van der Waals surface area contributed by atoms with Crippen LogP contribution < -0.4 is 0 Å². The molecule has 0 unspecified atom stereocenters. The second kappa shape index (κ2) is 3.97. The van der Waals surface area contributed by atoms with Gasteiger partial charge in [0.1, 0.15) is 11.6 Å². The number of phenols is 1. The third-order valence-electron chi connectivity index (χ3n) is 2.71. The molecule has 0 fully saturated rings. The molecular weight excluding hydrogens is 203 g/mol. The van der Waals surface area contributed by atoms with Gasteiger partial charge in [-0.25, -0.2) is 4.39 Å². The predicted octanol–water partition coefficient (Wildman–Crippen LogP) is 3.82. The van der Waals surface area contributed by atoms with Crippen LogP contribution in [-0.2, 0) is 0 Å². The van der Waals surface area contributed by atoms with Crippen molar-refractivity contribution in [3.05, 3.63) is 53.3 Å². The van der Waals surface area contributed by atoms with Crippen LogP contribution in [0.2, 0.25) is 0 Å². The minimum absolute atomic E-state index is 0.180. The summed E-state index contributed by atoms with van der Waals surface area (Å²) in [6, 6.07) is 10.2. The van der Waals surface area contributed by atoms with E-state index in [1.54, 1.807) is 19.1 Å². The maximum absolute atomic E-state index is 13.4. The first kappa shape index (κ1) is 10.7. The van der Waals surface area contributed by atoms with Gasteiger partial charge in [0.25, 0.3) is 0 Å². The van der Waals surface area contributed by atoms with E-state index in [2.05, 4.69) is 0 Å². The summed E-state index contributed by atoms with van der Waals surface area (Å²) in [5.41, 5.74) is 3.01. The highest BCUT2D eigenvalue weighted by atomic mass is 19.1. The Hall–Kier alpha value is -1.83. The Morgan fingerprint density at radius 2 is 1.75 bits per heavy atom. The Labute approximate surface area is 94.2 Å². The van der Waals surface area contributed by atoms with Crippen LogP contribution in [0.3, 0.4) is 0 Å². The molecule has 2 rings (SSSR count). The molecule has 0 aliphatic heterocycles. The van der Waals surface area contributed by atoms with Gasteiger partial charge in [0.15, 0.2) is 0 Å². The molecule has 0 saturated heterocycles. The average molecular weight is 216 g/mol. The lowest BCUT2D eigenvalue weighted by molar-refractivity contribution is 0.477. The minimum Gasteiger partial charge on any atom is -0.507 e. The van der Waals surface area contributed by atoms with E-state index in [1.165, 1.54) is 6.07 Å². The Balaban J connectivity index is 2.67. The van der Waals surface area contributed by atoms with Crippen molar-refractivity contribution in [2.75, 3.05) is 0 Å². The molecule has 0 aliphatic rings. The van der Waals surface area contributed by atoms with Crippen molar-refractivity contribution in [1.82, 2.24) is 0 Å². The smallest absolute Gasteiger partial charge is 0.126 e. The first-order chi connectivity index (χ1) is 7.59. The van der Waals surface area contributed by atoms with Crippen molar-refractivity contribution in [3.63, 3.8) is 0 Å². The van der Waals surface area contributed by atoms with Crippen molar-refractivity contribution >= 4 is 0 Å². The molecule has 2 aromatic carbocycles. The van der Waals surface area contributed by atoms with E-state index in [1.807, 2.05) is 25.1 Å². The van der Waals surface area contributed by atoms with Crippen LogP contribution >= 0.6 is 0 Å². The van der Waals surface area contributed by atoms with Crippen LogP contribution in [0.1, 0.15) is 11.1 Å². The molecule has 1 N–H and O–H groups in total. The van der Waals surface area contributed by atoms with E-state index < -0.39 is 0 Å². The molecule has 0 aliphatic carbocycles. The normalized spacial score (nSPS) is 10.4. The molecule has 16 heavy (non-hydrogen) atoms. The molecule has 0 spiro atoms. The second-order valence-electron chi connectivity index (χ2n) is 3.93.